The number of amides is 1. The monoisotopic (exact) mass is 295 g/mol. The van der Waals surface area contributed by atoms with E-state index >= 15 is 0 Å². The van der Waals surface area contributed by atoms with Crippen LogP contribution in [0.2, 0.25) is 0 Å². The third-order valence-corrected chi connectivity index (χ3v) is 3.50. The lowest BCUT2D eigenvalue weighted by Crippen LogP contribution is -2.37. The summed E-state index contributed by atoms with van der Waals surface area (Å²) in [5, 5.41) is 13.7. The molecular weight excluding hydrogens is 274 g/mol. The summed E-state index contributed by atoms with van der Waals surface area (Å²) >= 11 is 0. The summed E-state index contributed by atoms with van der Waals surface area (Å²) < 4.78 is 6.01. The van der Waals surface area contributed by atoms with Gasteiger partial charge in [0.25, 0.3) is 5.82 Å². The van der Waals surface area contributed by atoms with Crippen LogP contribution in [0.5, 0.6) is 0 Å². The highest BCUT2D eigenvalue weighted by molar-refractivity contribution is 5.86. The quantitative estimate of drug-likeness (QED) is 0.634. The molecule has 1 amide bonds. The van der Waals surface area contributed by atoms with Crippen molar-refractivity contribution in [3.05, 3.63) is 5.82 Å². The Kier molecular flexibility index (Phi) is 5.65. The van der Waals surface area contributed by atoms with Crippen LogP contribution >= 0.6 is 0 Å². The van der Waals surface area contributed by atoms with Crippen molar-refractivity contribution in [3.63, 3.8) is 0 Å². The standard InChI is InChI=1S/C13H21N5O3/c1-2-21-13(20)12-15-16-17-18(12)9-11(19)14-10-7-5-3-4-6-8-10/h10H,2-9H2,1H3,(H,14,19). The molecule has 8 nitrogen and oxygen atoms in total. The number of esters is 1. The van der Waals surface area contributed by atoms with E-state index in [1.165, 1.54) is 17.5 Å². The van der Waals surface area contributed by atoms with Crippen molar-refractivity contribution < 1.29 is 14.3 Å². The summed E-state index contributed by atoms with van der Waals surface area (Å²) in [4.78, 5) is 23.7. The number of hydrogen-bond donors (Lipinski definition) is 1. The predicted octanol–water partition coefficient (Wildman–Crippen LogP) is 0.689. The van der Waals surface area contributed by atoms with Gasteiger partial charge in [0.2, 0.25) is 5.91 Å². The van der Waals surface area contributed by atoms with Crippen molar-refractivity contribution in [2.45, 2.75) is 58.0 Å². The molecule has 0 aliphatic heterocycles. The highest BCUT2D eigenvalue weighted by Crippen LogP contribution is 2.17. The summed E-state index contributed by atoms with van der Waals surface area (Å²) in [5.74, 6) is -0.850. The molecule has 1 fully saturated rings. The van der Waals surface area contributed by atoms with Gasteiger partial charge in [-0.2, -0.15) is 0 Å². The van der Waals surface area contributed by atoms with Gasteiger partial charge in [-0.05, 0) is 30.2 Å². The minimum Gasteiger partial charge on any atom is -0.460 e. The normalized spacial score (nSPS) is 16.2. The second-order valence-corrected chi connectivity index (χ2v) is 5.14. The lowest BCUT2D eigenvalue weighted by molar-refractivity contribution is -0.122. The van der Waals surface area contributed by atoms with Crippen LogP contribution in [0.15, 0.2) is 0 Å². The SMILES string of the molecule is CCOC(=O)c1nnnn1CC(=O)NC1CCCCCC1. The number of rotatable bonds is 5. The molecule has 1 aromatic heterocycles. The number of hydrogen-bond acceptors (Lipinski definition) is 6. The highest BCUT2D eigenvalue weighted by atomic mass is 16.5. The van der Waals surface area contributed by atoms with Gasteiger partial charge in [-0.25, -0.2) is 9.48 Å². The van der Waals surface area contributed by atoms with E-state index in [0.717, 1.165) is 25.7 Å². The molecule has 1 saturated carbocycles. The molecule has 1 heterocycles. The van der Waals surface area contributed by atoms with E-state index in [1.54, 1.807) is 6.92 Å². The van der Waals surface area contributed by atoms with Crippen LogP contribution in [0.4, 0.5) is 0 Å². The van der Waals surface area contributed by atoms with Gasteiger partial charge < -0.3 is 10.1 Å². The van der Waals surface area contributed by atoms with Crippen molar-refractivity contribution in [1.82, 2.24) is 25.5 Å². The smallest absolute Gasteiger partial charge is 0.378 e. The molecule has 2 rings (SSSR count). The van der Waals surface area contributed by atoms with Crippen LogP contribution in [0.1, 0.15) is 56.1 Å². The van der Waals surface area contributed by atoms with Crippen LogP contribution in [0.3, 0.4) is 0 Å². The van der Waals surface area contributed by atoms with Gasteiger partial charge in [0.15, 0.2) is 0 Å². The van der Waals surface area contributed by atoms with Crippen LogP contribution in [0.25, 0.3) is 0 Å². The zero-order chi connectivity index (χ0) is 15.1. The van der Waals surface area contributed by atoms with E-state index < -0.39 is 5.97 Å². The zero-order valence-electron chi connectivity index (χ0n) is 12.2. The topological polar surface area (TPSA) is 99.0 Å². The van der Waals surface area contributed by atoms with Gasteiger partial charge in [0, 0.05) is 6.04 Å². The van der Waals surface area contributed by atoms with Gasteiger partial charge in [-0.1, -0.05) is 25.7 Å². The molecular formula is C13H21N5O3. The van der Waals surface area contributed by atoms with Gasteiger partial charge in [0.05, 0.1) is 6.61 Å². The van der Waals surface area contributed by atoms with Crippen molar-refractivity contribution in [2.24, 2.45) is 0 Å². The van der Waals surface area contributed by atoms with E-state index in [2.05, 4.69) is 20.8 Å². The number of ether oxygens (including phenoxy) is 1. The molecule has 1 aliphatic rings. The van der Waals surface area contributed by atoms with Crippen LogP contribution in [0, 0.1) is 0 Å². The number of carbonyl (C=O) groups is 2. The van der Waals surface area contributed by atoms with E-state index in [4.69, 9.17) is 4.74 Å². The summed E-state index contributed by atoms with van der Waals surface area (Å²) in [7, 11) is 0. The molecule has 0 radical (unpaired) electrons. The maximum atomic E-state index is 12.0. The van der Waals surface area contributed by atoms with Crippen molar-refractivity contribution in [3.8, 4) is 0 Å². The maximum Gasteiger partial charge on any atom is 0.378 e. The molecule has 0 atom stereocenters. The largest absolute Gasteiger partial charge is 0.460 e. The molecule has 0 spiro atoms. The molecule has 1 aliphatic carbocycles. The maximum absolute atomic E-state index is 12.0. The second kappa shape index (κ2) is 7.70. The molecule has 0 saturated heterocycles. The number of nitrogens with zero attached hydrogens (tertiary/aromatic N) is 4. The minimum absolute atomic E-state index is 0.0483. The molecule has 1 aromatic rings. The Morgan fingerprint density at radius 2 is 2.00 bits per heavy atom. The van der Waals surface area contributed by atoms with Crippen LogP contribution < -0.4 is 5.32 Å². The van der Waals surface area contributed by atoms with Gasteiger partial charge >= 0.3 is 5.97 Å². The molecule has 1 N–H and O–H groups in total. The number of nitrogens with one attached hydrogen (secondary N) is 1. The highest BCUT2D eigenvalue weighted by Gasteiger charge is 2.20. The average Bonchev–Trinajstić information content (AvgIpc) is 2.75. The Morgan fingerprint density at radius 1 is 1.29 bits per heavy atom. The summed E-state index contributed by atoms with van der Waals surface area (Å²) in [6.45, 7) is 1.86. The molecule has 0 bridgehead atoms. The van der Waals surface area contributed by atoms with E-state index in [-0.39, 0.29) is 30.9 Å². The van der Waals surface area contributed by atoms with Crippen LogP contribution in [-0.2, 0) is 16.1 Å². The predicted molar refractivity (Wildman–Crippen MR) is 73.4 cm³/mol. The summed E-state index contributed by atoms with van der Waals surface area (Å²) in [6, 6.07) is 0.211. The number of carbonyl (C=O) groups excluding carboxylic acids is 2. The summed E-state index contributed by atoms with van der Waals surface area (Å²) in [6.07, 6.45) is 6.75. The lowest BCUT2D eigenvalue weighted by atomic mass is 10.1. The Hall–Kier alpha value is -1.99. The fourth-order valence-corrected chi connectivity index (χ4v) is 2.49. The molecule has 21 heavy (non-hydrogen) atoms. The first kappa shape index (κ1) is 15.4. The van der Waals surface area contributed by atoms with Gasteiger partial charge in [-0.3, -0.25) is 4.79 Å². The van der Waals surface area contributed by atoms with E-state index in [9.17, 15) is 9.59 Å². The van der Waals surface area contributed by atoms with E-state index in [1.807, 2.05) is 0 Å². The fraction of sp³-hybridized carbons (Fsp3) is 0.769. The summed E-state index contributed by atoms with van der Waals surface area (Å²) in [5.41, 5.74) is 0. The Morgan fingerprint density at radius 3 is 2.67 bits per heavy atom. The molecule has 116 valence electrons. The number of tetrazole rings is 1. The first-order valence-electron chi connectivity index (χ1n) is 7.43. The Labute approximate surface area is 123 Å². The molecule has 0 aromatic carbocycles. The van der Waals surface area contributed by atoms with Crippen molar-refractivity contribution in [2.75, 3.05) is 6.61 Å². The third kappa shape index (κ3) is 4.51. The molecule has 0 unspecified atom stereocenters. The van der Waals surface area contributed by atoms with Crippen molar-refractivity contribution >= 4 is 11.9 Å². The van der Waals surface area contributed by atoms with Gasteiger partial charge in [0.1, 0.15) is 6.54 Å². The molecule has 8 heteroatoms. The van der Waals surface area contributed by atoms with Crippen LogP contribution in [-0.4, -0.2) is 44.7 Å². The van der Waals surface area contributed by atoms with Gasteiger partial charge in [-0.15, -0.1) is 5.10 Å². The first-order valence-corrected chi connectivity index (χ1v) is 7.43. The zero-order valence-corrected chi connectivity index (χ0v) is 12.2. The second-order valence-electron chi connectivity index (χ2n) is 5.14. The van der Waals surface area contributed by atoms with Crippen molar-refractivity contribution in [1.29, 1.82) is 0 Å². The van der Waals surface area contributed by atoms with E-state index in [0.29, 0.717) is 0 Å². The Bertz CT molecular complexity index is 480. The third-order valence-electron chi connectivity index (χ3n) is 3.50. The minimum atomic E-state index is -0.621. The Balaban J connectivity index is 1.90. The number of aromatic nitrogens is 4. The first-order chi connectivity index (χ1) is 10.2. The lowest BCUT2D eigenvalue weighted by Gasteiger charge is -2.16. The fourth-order valence-electron chi connectivity index (χ4n) is 2.49. The average molecular weight is 295 g/mol.